The summed E-state index contributed by atoms with van der Waals surface area (Å²) in [5.74, 6) is 1.16. The fourth-order valence-electron chi connectivity index (χ4n) is 4.64. The lowest BCUT2D eigenvalue weighted by Crippen LogP contribution is -2.40. The topological polar surface area (TPSA) is 65.8 Å². The zero-order valence-corrected chi connectivity index (χ0v) is 17.9. The summed E-state index contributed by atoms with van der Waals surface area (Å²) < 4.78 is 5.67. The molecule has 1 saturated heterocycles. The fourth-order valence-corrected chi connectivity index (χ4v) is 4.64. The van der Waals surface area contributed by atoms with E-state index in [1.807, 2.05) is 11.0 Å². The molecule has 6 nitrogen and oxygen atoms in total. The SMILES string of the molecule is CC1CCCN(C(=O)CCNC(=O)c2ccoc2CN2c3ccccc3CC2C)C1. The van der Waals surface area contributed by atoms with Gasteiger partial charge in [0.15, 0.2) is 0 Å². The Hall–Kier alpha value is -2.76. The van der Waals surface area contributed by atoms with Crippen LogP contribution in [0.5, 0.6) is 0 Å². The predicted octanol–water partition coefficient (Wildman–Crippen LogP) is 3.61. The van der Waals surface area contributed by atoms with Crippen LogP contribution in [0, 0.1) is 5.92 Å². The monoisotopic (exact) mass is 409 g/mol. The molecule has 1 aromatic heterocycles. The molecule has 6 heteroatoms. The third-order valence-electron chi connectivity index (χ3n) is 6.29. The van der Waals surface area contributed by atoms with Crippen LogP contribution in [0.1, 0.15) is 54.8 Å². The van der Waals surface area contributed by atoms with Crippen molar-refractivity contribution in [2.75, 3.05) is 24.5 Å². The van der Waals surface area contributed by atoms with E-state index in [1.165, 1.54) is 17.7 Å². The Morgan fingerprint density at radius 1 is 1.20 bits per heavy atom. The van der Waals surface area contributed by atoms with Gasteiger partial charge in [0.25, 0.3) is 5.91 Å². The van der Waals surface area contributed by atoms with Crippen molar-refractivity contribution in [1.82, 2.24) is 10.2 Å². The van der Waals surface area contributed by atoms with Crippen LogP contribution in [0.3, 0.4) is 0 Å². The first-order chi connectivity index (χ1) is 14.5. The molecule has 1 aromatic carbocycles. The van der Waals surface area contributed by atoms with Crippen LogP contribution in [0.2, 0.25) is 0 Å². The lowest BCUT2D eigenvalue weighted by molar-refractivity contribution is -0.132. The number of fused-ring (bicyclic) bond motifs is 1. The van der Waals surface area contributed by atoms with E-state index in [0.29, 0.717) is 42.8 Å². The third kappa shape index (κ3) is 4.37. The first-order valence-corrected chi connectivity index (χ1v) is 11.0. The highest BCUT2D eigenvalue weighted by atomic mass is 16.3. The van der Waals surface area contributed by atoms with E-state index < -0.39 is 0 Å². The van der Waals surface area contributed by atoms with Crippen molar-refractivity contribution in [3.63, 3.8) is 0 Å². The predicted molar refractivity (Wildman–Crippen MR) is 116 cm³/mol. The van der Waals surface area contributed by atoms with E-state index in [2.05, 4.69) is 42.3 Å². The summed E-state index contributed by atoms with van der Waals surface area (Å²) in [6, 6.07) is 10.4. The summed E-state index contributed by atoms with van der Waals surface area (Å²) in [5.41, 5.74) is 3.08. The van der Waals surface area contributed by atoms with Crippen molar-refractivity contribution in [3.8, 4) is 0 Å². The summed E-state index contributed by atoms with van der Waals surface area (Å²) in [6.45, 7) is 6.93. The second kappa shape index (κ2) is 8.94. The van der Waals surface area contributed by atoms with Gasteiger partial charge in [0, 0.05) is 37.8 Å². The van der Waals surface area contributed by atoms with Crippen molar-refractivity contribution in [2.24, 2.45) is 5.92 Å². The largest absolute Gasteiger partial charge is 0.467 e. The average molecular weight is 410 g/mol. The van der Waals surface area contributed by atoms with Crippen LogP contribution >= 0.6 is 0 Å². The number of para-hydroxylation sites is 1. The maximum absolute atomic E-state index is 12.7. The first kappa shape index (κ1) is 20.5. The number of carbonyl (C=O) groups is 2. The van der Waals surface area contributed by atoms with E-state index in [0.717, 1.165) is 25.9 Å². The van der Waals surface area contributed by atoms with Gasteiger partial charge >= 0.3 is 0 Å². The van der Waals surface area contributed by atoms with Gasteiger partial charge in [0.2, 0.25) is 5.91 Å². The Bertz CT molecular complexity index is 907. The number of furan rings is 1. The summed E-state index contributed by atoms with van der Waals surface area (Å²) in [6.07, 6.45) is 5.15. The van der Waals surface area contributed by atoms with E-state index in [4.69, 9.17) is 4.42 Å². The van der Waals surface area contributed by atoms with Gasteiger partial charge in [-0.1, -0.05) is 25.1 Å². The number of piperidine rings is 1. The second-order valence-electron chi connectivity index (χ2n) is 8.66. The van der Waals surface area contributed by atoms with E-state index >= 15 is 0 Å². The molecule has 2 aliphatic heterocycles. The molecule has 2 amide bonds. The molecule has 2 aliphatic rings. The van der Waals surface area contributed by atoms with Gasteiger partial charge in [0.05, 0.1) is 18.4 Å². The smallest absolute Gasteiger partial charge is 0.254 e. The molecule has 160 valence electrons. The summed E-state index contributed by atoms with van der Waals surface area (Å²) in [5, 5.41) is 2.90. The molecule has 30 heavy (non-hydrogen) atoms. The number of nitrogens with zero attached hydrogens (tertiary/aromatic N) is 2. The van der Waals surface area contributed by atoms with Gasteiger partial charge in [-0.15, -0.1) is 0 Å². The quantitative estimate of drug-likeness (QED) is 0.792. The van der Waals surface area contributed by atoms with Crippen LogP contribution in [0.4, 0.5) is 5.69 Å². The highest BCUT2D eigenvalue weighted by molar-refractivity contribution is 5.95. The Labute approximate surface area is 178 Å². The Morgan fingerprint density at radius 3 is 2.87 bits per heavy atom. The minimum atomic E-state index is -0.182. The highest BCUT2D eigenvalue weighted by Crippen LogP contribution is 2.33. The minimum absolute atomic E-state index is 0.122. The van der Waals surface area contributed by atoms with Crippen LogP contribution in [-0.4, -0.2) is 42.4 Å². The number of hydrogen-bond donors (Lipinski definition) is 1. The second-order valence-corrected chi connectivity index (χ2v) is 8.66. The molecule has 2 atom stereocenters. The Morgan fingerprint density at radius 2 is 2.03 bits per heavy atom. The molecule has 2 unspecified atom stereocenters. The third-order valence-corrected chi connectivity index (χ3v) is 6.29. The Balaban J connectivity index is 1.33. The molecule has 0 spiro atoms. The number of hydrogen-bond acceptors (Lipinski definition) is 4. The van der Waals surface area contributed by atoms with Gasteiger partial charge in [-0.05, 0) is 49.8 Å². The van der Waals surface area contributed by atoms with Crippen LogP contribution < -0.4 is 10.2 Å². The van der Waals surface area contributed by atoms with Crippen molar-refractivity contribution in [3.05, 3.63) is 53.5 Å². The number of carbonyl (C=O) groups excluding carboxylic acids is 2. The molecule has 2 aromatic rings. The van der Waals surface area contributed by atoms with Crippen molar-refractivity contribution < 1.29 is 14.0 Å². The molecule has 4 rings (SSSR count). The molecule has 0 aliphatic carbocycles. The van der Waals surface area contributed by atoms with Gasteiger partial charge in [0.1, 0.15) is 5.76 Å². The highest BCUT2D eigenvalue weighted by Gasteiger charge is 2.28. The number of anilines is 1. The summed E-state index contributed by atoms with van der Waals surface area (Å²) in [4.78, 5) is 29.3. The Kier molecular flexibility index (Phi) is 6.11. The van der Waals surface area contributed by atoms with Crippen LogP contribution in [-0.2, 0) is 17.8 Å². The fraction of sp³-hybridized carbons (Fsp3) is 0.500. The van der Waals surface area contributed by atoms with Crippen molar-refractivity contribution in [2.45, 2.75) is 52.1 Å². The summed E-state index contributed by atoms with van der Waals surface area (Å²) >= 11 is 0. The maximum atomic E-state index is 12.7. The number of nitrogens with one attached hydrogen (secondary N) is 1. The van der Waals surface area contributed by atoms with Gasteiger partial charge in [-0.3, -0.25) is 9.59 Å². The summed E-state index contributed by atoms with van der Waals surface area (Å²) in [7, 11) is 0. The molecule has 3 heterocycles. The maximum Gasteiger partial charge on any atom is 0.254 e. The number of rotatable bonds is 6. The molecular weight excluding hydrogens is 378 g/mol. The first-order valence-electron chi connectivity index (χ1n) is 11.0. The van der Waals surface area contributed by atoms with Gasteiger partial charge in [-0.2, -0.15) is 0 Å². The number of benzene rings is 1. The van der Waals surface area contributed by atoms with Crippen molar-refractivity contribution >= 4 is 17.5 Å². The van der Waals surface area contributed by atoms with Crippen LogP contribution in [0.15, 0.2) is 41.0 Å². The molecule has 0 radical (unpaired) electrons. The van der Waals surface area contributed by atoms with E-state index in [1.54, 1.807) is 12.3 Å². The minimum Gasteiger partial charge on any atom is -0.467 e. The molecular formula is C24H31N3O3. The zero-order chi connectivity index (χ0) is 21.1. The van der Waals surface area contributed by atoms with Gasteiger partial charge in [-0.25, -0.2) is 0 Å². The lowest BCUT2D eigenvalue weighted by Gasteiger charge is -2.31. The molecule has 1 fully saturated rings. The lowest BCUT2D eigenvalue weighted by atomic mass is 10.00. The number of amides is 2. The molecule has 1 N–H and O–H groups in total. The average Bonchev–Trinajstić information content (AvgIpc) is 3.32. The molecule has 0 saturated carbocycles. The number of likely N-dealkylation sites (tertiary alicyclic amines) is 1. The van der Waals surface area contributed by atoms with E-state index in [-0.39, 0.29) is 11.8 Å². The van der Waals surface area contributed by atoms with E-state index in [9.17, 15) is 9.59 Å². The zero-order valence-electron chi connectivity index (χ0n) is 17.9. The molecule has 0 bridgehead atoms. The van der Waals surface area contributed by atoms with Crippen LogP contribution in [0.25, 0.3) is 0 Å². The van der Waals surface area contributed by atoms with Gasteiger partial charge < -0.3 is 19.5 Å². The standard InChI is InChI=1S/C24H31N3O3/c1-17-6-5-12-26(15-17)23(28)9-11-25-24(29)20-10-13-30-22(20)16-27-18(2)14-19-7-3-4-8-21(19)27/h3-4,7-8,10,13,17-18H,5-6,9,11-12,14-16H2,1-2H3,(H,25,29). The normalized spacial score (nSPS) is 20.9. The van der Waals surface area contributed by atoms with Crippen molar-refractivity contribution in [1.29, 1.82) is 0 Å².